The maximum absolute atomic E-state index is 14.7. The van der Waals surface area contributed by atoms with Crippen molar-refractivity contribution in [1.29, 1.82) is 0 Å². The third kappa shape index (κ3) is 7.03. The van der Waals surface area contributed by atoms with Crippen molar-refractivity contribution in [3.05, 3.63) is 53.1 Å². The molecule has 32 heavy (non-hydrogen) atoms. The molecule has 2 aliphatic rings. The second-order valence-electron chi connectivity index (χ2n) is 10.3. The van der Waals surface area contributed by atoms with Crippen molar-refractivity contribution in [3.63, 3.8) is 0 Å². The van der Waals surface area contributed by atoms with Crippen molar-refractivity contribution in [3.8, 4) is 0 Å². The number of benzene rings is 1. The minimum atomic E-state index is -0.678. The fraction of sp³-hybridized carbons (Fsp3) is 0.667. The van der Waals surface area contributed by atoms with Crippen LogP contribution >= 0.6 is 0 Å². The first-order valence-corrected chi connectivity index (χ1v) is 13.5. The normalized spacial score (nSPS) is 23.4. The van der Waals surface area contributed by atoms with Gasteiger partial charge in [-0.3, -0.25) is 0 Å². The fourth-order valence-corrected chi connectivity index (χ4v) is 5.68. The van der Waals surface area contributed by atoms with E-state index in [9.17, 15) is 8.78 Å². The van der Waals surface area contributed by atoms with E-state index in [2.05, 4.69) is 26.0 Å². The van der Waals surface area contributed by atoms with Gasteiger partial charge in [0.15, 0.2) is 11.6 Å². The van der Waals surface area contributed by atoms with Crippen molar-refractivity contribution in [2.45, 2.75) is 110 Å². The smallest absolute Gasteiger partial charge is 0.166 e. The number of aryl methyl sites for hydroxylation is 1. The molecule has 1 fully saturated rings. The summed E-state index contributed by atoms with van der Waals surface area (Å²) < 4.78 is 29.2. The van der Waals surface area contributed by atoms with Crippen molar-refractivity contribution >= 4 is 5.57 Å². The molecule has 1 saturated carbocycles. The van der Waals surface area contributed by atoms with Gasteiger partial charge in [0.2, 0.25) is 0 Å². The summed E-state index contributed by atoms with van der Waals surface area (Å²) in [6, 6.07) is 3.54. The summed E-state index contributed by atoms with van der Waals surface area (Å²) in [5.74, 6) is 0.909. The van der Waals surface area contributed by atoms with Crippen molar-refractivity contribution in [2.24, 2.45) is 17.8 Å². The Balaban J connectivity index is 1.44. The van der Waals surface area contributed by atoms with E-state index in [0.717, 1.165) is 36.7 Å². The lowest BCUT2D eigenvalue weighted by Gasteiger charge is -2.33. The van der Waals surface area contributed by atoms with Gasteiger partial charge in [0.25, 0.3) is 0 Å². The molecule has 0 aromatic heterocycles. The van der Waals surface area contributed by atoms with Crippen LogP contribution in [0.1, 0.15) is 115 Å². The molecule has 0 amide bonds. The quantitative estimate of drug-likeness (QED) is 0.282. The van der Waals surface area contributed by atoms with Crippen LogP contribution in [-0.4, -0.2) is 0 Å². The molecule has 0 radical (unpaired) electrons. The third-order valence-corrected chi connectivity index (χ3v) is 7.87. The molecule has 0 spiro atoms. The van der Waals surface area contributed by atoms with E-state index in [1.54, 1.807) is 12.1 Å². The van der Waals surface area contributed by atoms with E-state index in [1.165, 1.54) is 70.6 Å². The molecular weight excluding hydrogens is 398 g/mol. The van der Waals surface area contributed by atoms with Gasteiger partial charge in [0.1, 0.15) is 0 Å². The first-order chi connectivity index (χ1) is 15.6. The lowest BCUT2D eigenvalue weighted by molar-refractivity contribution is 0.218. The number of hydrogen-bond acceptors (Lipinski definition) is 0. The van der Waals surface area contributed by atoms with Crippen molar-refractivity contribution in [2.75, 3.05) is 0 Å². The molecule has 1 unspecified atom stereocenters. The number of hydrogen-bond donors (Lipinski definition) is 0. The predicted octanol–water partition coefficient (Wildman–Crippen LogP) is 9.82. The van der Waals surface area contributed by atoms with Crippen molar-refractivity contribution in [1.82, 2.24) is 0 Å². The van der Waals surface area contributed by atoms with Gasteiger partial charge in [-0.15, -0.1) is 0 Å². The minimum Gasteiger partial charge on any atom is -0.203 e. The third-order valence-electron chi connectivity index (χ3n) is 7.87. The summed E-state index contributed by atoms with van der Waals surface area (Å²) in [5.41, 5.74) is 1.76. The molecular formula is C30H44F2. The van der Waals surface area contributed by atoms with Gasteiger partial charge < -0.3 is 0 Å². The van der Waals surface area contributed by atoms with Crippen LogP contribution in [0.15, 0.2) is 30.4 Å². The Morgan fingerprint density at radius 3 is 2.22 bits per heavy atom. The van der Waals surface area contributed by atoms with Gasteiger partial charge in [-0.2, -0.15) is 0 Å². The molecule has 1 aromatic rings. The highest BCUT2D eigenvalue weighted by Gasteiger charge is 2.27. The zero-order valence-electron chi connectivity index (χ0n) is 20.5. The van der Waals surface area contributed by atoms with Gasteiger partial charge in [0, 0.05) is 5.56 Å². The summed E-state index contributed by atoms with van der Waals surface area (Å²) in [7, 11) is 0. The van der Waals surface area contributed by atoms with Crippen LogP contribution in [0.4, 0.5) is 8.78 Å². The molecule has 1 atom stereocenters. The van der Waals surface area contributed by atoms with Crippen LogP contribution in [0.2, 0.25) is 0 Å². The molecule has 0 nitrogen and oxygen atoms in total. The Morgan fingerprint density at radius 2 is 1.53 bits per heavy atom. The Labute approximate surface area is 195 Å². The molecule has 2 aliphatic carbocycles. The zero-order valence-corrected chi connectivity index (χ0v) is 20.5. The molecule has 1 aromatic carbocycles. The van der Waals surface area contributed by atoms with E-state index in [1.807, 2.05) is 6.08 Å². The highest BCUT2D eigenvalue weighted by molar-refractivity contribution is 5.75. The average Bonchev–Trinajstić information content (AvgIpc) is 2.83. The molecule has 0 bridgehead atoms. The van der Waals surface area contributed by atoms with Gasteiger partial charge in [-0.05, 0) is 61.0 Å². The van der Waals surface area contributed by atoms with Crippen molar-refractivity contribution < 1.29 is 8.78 Å². The molecule has 0 N–H and O–H groups in total. The van der Waals surface area contributed by atoms with Gasteiger partial charge in [-0.1, -0.05) is 108 Å². The largest absolute Gasteiger partial charge is 0.203 e. The molecule has 3 rings (SSSR count). The Kier molecular flexibility index (Phi) is 10.5. The first-order valence-electron chi connectivity index (χ1n) is 13.5. The van der Waals surface area contributed by atoms with Crippen LogP contribution in [0, 0.1) is 29.4 Å². The number of rotatable bonds is 12. The molecule has 178 valence electrons. The minimum absolute atomic E-state index is 0.417. The van der Waals surface area contributed by atoms with E-state index in [0.29, 0.717) is 23.5 Å². The fourth-order valence-electron chi connectivity index (χ4n) is 5.68. The van der Waals surface area contributed by atoms with Gasteiger partial charge in [0.05, 0.1) is 0 Å². The SMILES string of the molecule is CCCCCCCC[C@H]1CC[C@H](C2C=CC(c3ccc(CCCC)c(F)c3F)=CC2)CC1. The lowest BCUT2D eigenvalue weighted by Crippen LogP contribution is -2.21. The molecule has 0 saturated heterocycles. The summed E-state index contributed by atoms with van der Waals surface area (Å²) in [6.45, 7) is 4.35. The molecule has 0 heterocycles. The summed E-state index contributed by atoms with van der Waals surface area (Å²) in [4.78, 5) is 0. The highest BCUT2D eigenvalue weighted by Crippen LogP contribution is 2.40. The standard InChI is InChI=1S/C30H44F2/c1-3-5-7-8-9-10-11-23-13-15-24(16-14-23)25-17-19-26(20-18-25)28-22-21-27(12-6-4-2)29(31)30(28)32/h17,19-25H,3-16,18H2,1-2H3/t23-,24-,25?. The first kappa shape index (κ1) is 25.2. The second kappa shape index (κ2) is 13.3. The van der Waals surface area contributed by atoms with E-state index in [-0.39, 0.29) is 0 Å². The predicted molar refractivity (Wildman–Crippen MR) is 134 cm³/mol. The number of allylic oxidation sites excluding steroid dienone is 4. The highest BCUT2D eigenvalue weighted by atomic mass is 19.2. The van der Waals surface area contributed by atoms with Crippen LogP contribution in [0.25, 0.3) is 5.57 Å². The van der Waals surface area contributed by atoms with Crippen LogP contribution in [0.3, 0.4) is 0 Å². The summed E-state index contributed by atoms with van der Waals surface area (Å²) in [6.07, 6.45) is 25.1. The van der Waals surface area contributed by atoms with Crippen LogP contribution in [-0.2, 0) is 6.42 Å². The molecule has 2 heteroatoms. The summed E-state index contributed by atoms with van der Waals surface area (Å²) in [5, 5.41) is 0. The van der Waals surface area contributed by atoms with Gasteiger partial charge in [-0.25, -0.2) is 8.78 Å². The lowest BCUT2D eigenvalue weighted by atomic mass is 9.72. The van der Waals surface area contributed by atoms with E-state index in [4.69, 9.17) is 0 Å². The second-order valence-corrected chi connectivity index (χ2v) is 10.3. The Morgan fingerprint density at radius 1 is 0.812 bits per heavy atom. The Bertz CT molecular complexity index is 752. The number of unbranched alkanes of at least 4 members (excludes halogenated alkanes) is 6. The summed E-state index contributed by atoms with van der Waals surface area (Å²) >= 11 is 0. The van der Waals surface area contributed by atoms with Crippen LogP contribution < -0.4 is 0 Å². The Hall–Kier alpha value is -1.44. The van der Waals surface area contributed by atoms with E-state index >= 15 is 0 Å². The monoisotopic (exact) mass is 442 g/mol. The van der Waals surface area contributed by atoms with E-state index < -0.39 is 11.6 Å². The zero-order chi connectivity index (χ0) is 22.8. The molecule has 0 aliphatic heterocycles. The topological polar surface area (TPSA) is 0 Å². The maximum Gasteiger partial charge on any atom is 0.166 e. The van der Waals surface area contributed by atoms with Crippen LogP contribution in [0.5, 0.6) is 0 Å². The van der Waals surface area contributed by atoms with Gasteiger partial charge >= 0.3 is 0 Å². The average molecular weight is 443 g/mol. The maximum atomic E-state index is 14.7. The number of halogens is 2.